The summed E-state index contributed by atoms with van der Waals surface area (Å²) in [6.07, 6.45) is 9.16. The van der Waals surface area contributed by atoms with Crippen LogP contribution in [0, 0.1) is 11.8 Å². The molecular formula is C16H26N2O3. The van der Waals surface area contributed by atoms with Gasteiger partial charge < -0.3 is 15.3 Å². The lowest BCUT2D eigenvalue weighted by Crippen LogP contribution is -2.53. The van der Waals surface area contributed by atoms with Crippen molar-refractivity contribution in [3.63, 3.8) is 0 Å². The third kappa shape index (κ3) is 3.16. The maximum absolute atomic E-state index is 12.6. The maximum Gasteiger partial charge on any atom is 0.317 e. The molecule has 0 spiro atoms. The lowest BCUT2D eigenvalue weighted by atomic mass is 9.86. The van der Waals surface area contributed by atoms with Gasteiger partial charge in [0.05, 0.1) is 5.92 Å². The number of hydrogen-bond donors (Lipinski definition) is 2. The zero-order chi connectivity index (χ0) is 14.8. The van der Waals surface area contributed by atoms with Gasteiger partial charge in [0.15, 0.2) is 0 Å². The second-order valence-corrected chi connectivity index (χ2v) is 6.94. The van der Waals surface area contributed by atoms with Gasteiger partial charge in [0, 0.05) is 18.6 Å². The zero-order valence-electron chi connectivity index (χ0n) is 12.6. The fourth-order valence-electron chi connectivity index (χ4n) is 4.51. The van der Waals surface area contributed by atoms with E-state index in [1.54, 1.807) is 0 Å². The molecule has 1 heterocycles. The van der Waals surface area contributed by atoms with Crippen LogP contribution in [0.2, 0.25) is 0 Å². The van der Waals surface area contributed by atoms with Gasteiger partial charge in [0.1, 0.15) is 0 Å². The molecule has 4 atom stereocenters. The summed E-state index contributed by atoms with van der Waals surface area (Å²) in [4.78, 5) is 25.7. The van der Waals surface area contributed by atoms with E-state index in [1.807, 2.05) is 4.90 Å². The number of rotatable bonds is 2. The van der Waals surface area contributed by atoms with Crippen molar-refractivity contribution >= 4 is 12.0 Å². The molecule has 2 saturated carbocycles. The smallest absolute Gasteiger partial charge is 0.317 e. The normalized spacial score (nSPS) is 36.1. The molecule has 5 nitrogen and oxygen atoms in total. The largest absolute Gasteiger partial charge is 0.481 e. The first kappa shape index (κ1) is 14.7. The Hall–Kier alpha value is -1.26. The minimum Gasteiger partial charge on any atom is -0.481 e. The highest BCUT2D eigenvalue weighted by atomic mass is 16.4. The molecule has 0 bridgehead atoms. The number of nitrogens with one attached hydrogen (secondary N) is 1. The van der Waals surface area contributed by atoms with Crippen molar-refractivity contribution in [1.82, 2.24) is 10.2 Å². The van der Waals surface area contributed by atoms with Crippen LogP contribution in [-0.4, -0.2) is 40.6 Å². The number of aliphatic carboxylic acids is 1. The second-order valence-electron chi connectivity index (χ2n) is 6.94. The van der Waals surface area contributed by atoms with Crippen molar-refractivity contribution in [2.75, 3.05) is 6.54 Å². The summed E-state index contributed by atoms with van der Waals surface area (Å²) in [6, 6.07) is 0.509. The fourth-order valence-corrected chi connectivity index (χ4v) is 4.51. The molecule has 1 aliphatic heterocycles. The van der Waals surface area contributed by atoms with Gasteiger partial charge in [-0.15, -0.1) is 0 Å². The number of nitrogens with zero attached hydrogens (tertiary/aromatic N) is 1. The number of hydrogen-bond acceptors (Lipinski definition) is 2. The molecule has 4 unspecified atom stereocenters. The van der Waals surface area contributed by atoms with Gasteiger partial charge in [-0.3, -0.25) is 4.79 Å². The molecule has 0 aromatic carbocycles. The standard InChI is InChI=1S/C16H26N2O3/c19-15(20)12-5-1-7-13(10-12)17-16(21)18-9-3-6-11-4-2-8-14(11)18/h11-14H,1-10H2,(H,17,21)(H,19,20). The molecule has 3 rings (SSSR count). The van der Waals surface area contributed by atoms with Gasteiger partial charge in [-0.1, -0.05) is 12.8 Å². The molecular weight excluding hydrogens is 268 g/mol. The summed E-state index contributed by atoms with van der Waals surface area (Å²) in [7, 11) is 0. The van der Waals surface area contributed by atoms with E-state index < -0.39 is 5.97 Å². The first-order valence-corrected chi connectivity index (χ1v) is 8.45. The average Bonchev–Trinajstić information content (AvgIpc) is 2.95. The highest BCUT2D eigenvalue weighted by molar-refractivity contribution is 5.75. The molecule has 3 fully saturated rings. The first-order chi connectivity index (χ1) is 10.1. The lowest BCUT2D eigenvalue weighted by molar-refractivity contribution is -0.143. The summed E-state index contributed by atoms with van der Waals surface area (Å²) in [5.41, 5.74) is 0. The third-order valence-corrected chi connectivity index (χ3v) is 5.61. The van der Waals surface area contributed by atoms with Gasteiger partial charge >= 0.3 is 12.0 Å². The van der Waals surface area contributed by atoms with Crippen molar-refractivity contribution in [3.05, 3.63) is 0 Å². The second kappa shape index (κ2) is 6.24. The van der Waals surface area contributed by atoms with E-state index in [0.717, 1.165) is 38.6 Å². The van der Waals surface area contributed by atoms with Crippen molar-refractivity contribution < 1.29 is 14.7 Å². The van der Waals surface area contributed by atoms with E-state index in [1.165, 1.54) is 19.3 Å². The Labute approximate surface area is 126 Å². The van der Waals surface area contributed by atoms with E-state index in [9.17, 15) is 9.59 Å². The Kier molecular flexibility index (Phi) is 4.36. The molecule has 2 aliphatic carbocycles. The molecule has 21 heavy (non-hydrogen) atoms. The van der Waals surface area contributed by atoms with Crippen LogP contribution in [0.25, 0.3) is 0 Å². The summed E-state index contributed by atoms with van der Waals surface area (Å²) in [5.74, 6) is -0.310. The van der Waals surface area contributed by atoms with Crippen LogP contribution < -0.4 is 5.32 Å². The van der Waals surface area contributed by atoms with Gasteiger partial charge in [-0.25, -0.2) is 4.79 Å². The van der Waals surface area contributed by atoms with E-state index in [4.69, 9.17) is 5.11 Å². The van der Waals surface area contributed by atoms with Gasteiger partial charge in [-0.2, -0.15) is 0 Å². The quantitative estimate of drug-likeness (QED) is 0.822. The van der Waals surface area contributed by atoms with Crippen LogP contribution in [0.5, 0.6) is 0 Å². The van der Waals surface area contributed by atoms with Crippen LogP contribution >= 0.6 is 0 Å². The molecule has 118 valence electrons. The number of carboxylic acids is 1. The Bertz CT molecular complexity index is 412. The number of fused-ring (bicyclic) bond motifs is 1. The number of piperidine rings is 1. The predicted molar refractivity (Wildman–Crippen MR) is 79.0 cm³/mol. The van der Waals surface area contributed by atoms with E-state index >= 15 is 0 Å². The Balaban J connectivity index is 1.56. The number of carbonyl (C=O) groups excluding carboxylic acids is 1. The lowest BCUT2D eigenvalue weighted by Gasteiger charge is -2.39. The van der Waals surface area contributed by atoms with Crippen LogP contribution in [-0.2, 0) is 4.79 Å². The van der Waals surface area contributed by atoms with Gasteiger partial charge in [0.25, 0.3) is 0 Å². The third-order valence-electron chi connectivity index (χ3n) is 5.61. The van der Waals surface area contributed by atoms with Gasteiger partial charge in [0.2, 0.25) is 0 Å². The van der Waals surface area contributed by atoms with Crippen molar-refractivity contribution in [1.29, 1.82) is 0 Å². The van der Waals surface area contributed by atoms with E-state index in [-0.39, 0.29) is 18.0 Å². The molecule has 1 saturated heterocycles. The molecule has 0 radical (unpaired) electrons. The summed E-state index contributed by atoms with van der Waals surface area (Å²) < 4.78 is 0. The van der Waals surface area contributed by atoms with Crippen LogP contribution in [0.3, 0.4) is 0 Å². The minimum absolute atomic E-state index is 0.0362. The first-order valence-electron chi connectivity index (χ1n) is 8.45. The van der Waals surface area contributed by atoms with Crippen LogP contribution in [0.4, 0.5) is 4.79 Å². The number of carbonyl (C=O) groups is 2. The monoisotopic (exact) mass is 294 g/mol. The highest BCUT2D eigenvalue weighted by Gasteiger charge is 2.38. The number of amides is 2. The summed E-state index contributed by atoms with van der Waals surface area (Å²) in [6.45, 7) is 0.863. The number of likely N-dealkylation sites (tertiary alicyclic amines) is 1. The molecule has 5 heteroatoms. The highest BCUT2D eigenvalue weighted by Crippen LogP contribution is 2.36. The maximum atomic E-state index is 12.6. The molecule has 0 aromatic heterocycles. The number of carboxylic acid groups (broad SMARTS) is 1. The fraction of sp³-hybridized carbons (Fsp3) is 0.875. The van der Waals surface area contributed by atoms with Crippen LogP contribution in [0.1, 0.15) is 57.8 Å². The minimum atomic E-state index is -0.720. The van der Waals surface area contributed by atoms with Crippen molar-refractivity contribution in [2.45, 2.75) is 69.9 Å². The predicted octanol–water partition coefficient (Wildman–Crippen LogP) is 2.60. The van der Waals surface area contributed by atoms with Gasteiger partial charge in [-0.05, 0) is 50.9 Å². The SMILES string of the molecule is O=C(O)C1CCCC(NC(=O)N2CCCC3CCCC32)C1. The number of urea groups is 1. The molecule has 0 aromatic rings. The topological polar surface area (TPSA) is 69.6 Å². The zero-order valence-corrected chi connectivity index (χ0v) is 12.6. The molecule has 3 aliphatic rings. The Morgan fingerprint density at radius 1 is 1.00 bits per heavy atom. The summed E-state index contributed by atoms with van der Waals surface area (Å²) >= 11 is 0. The molecule has 2 N–H and O–H groups in total. The Morgan fingerprint density at radius 2 is 1.76 bits per heavy atom. The molecule has 2 amide bonds. The summed E-state index contributed by atoms with van der Waals surface area (Å²) in [5, 5.41) is 12.2. The Morgan fingerprint density at radius 3 is 2.57 bits per heavy atom. The average molecular weight is 294 g/mol. The van der Waals surface area contributed by atoms with Crippen molar-refractivity contribution in [2.24, 2.45) is 11.8 Å². The van der Waals surface area contributed by atoms with E-state index in [0.29, 0.717) is 18.4 Å². The van der Waals surface area contributed by atoms with Crippen LogP contribution in [0.15, 0.2) is 0 Å². The van der Waals surface area contributed by atoms with Crippen molar-refractivity contribution in [3.8, 4) is 0 Å². The van der Waals surface area contributed by atoms with E-state index in [2.05, 4.69) is 5.32 Å².